The minimum atomic E-state index is -3.61. The third-order valence-electron chi connectivity index (χ3n) is 4.58. The molecule has 7 heteroatoms. The highest BCUT2D eigenvalue weighted by Crippen LogP contribution is 2.37. The molecule has 0 bridgehead atoms. The maximum atomic E-state index is 13.1. The molecule has 2 aromatic rings. The van der Waals surface area contributed by atoms with E-state index in [4.69, 9.17) is 0 Å². The lowest BCUT2D eigenvalue weighted by Crippen LogP contribution is -2.30. The van der Waals surface area contributed by atoms with E-state index in [1.54, 1.807) is 34.9 Å². The van der Waals surface area contributed by atoms with Gasteiger partial charge in [0.2, 0.25) is 15.9 Å². The van der Waals surface area contributed by atoms with Gasteiger partial charge in [-0.05, 0) is 48.2 Å². The lowest BCUT2D eigenvalue weighted by molar-refractivity contribution is -0.115. The van der Waals surface area contributed by atoms with Crippen LogP contribution >= 0.6 is 0 Å². The molecule has 2 aliphatic rings. The Morgan fingerprint density at radius 3 is 2.92 bits per heavy atom. The number of nitrogens with zero attached hydrogens (tertiary/aromatic N) is 2. The molecule has 24 heavy (non-hydrogen) atoms. The highest BCUT2D eigenvalue weighted by molar-refractivity contribution is 7.89. The van der Waals surface area contributed by atoms with E-state index in [-0.39, 0.29) is 23.3 Å². The Morgan fingerprint density at radius 1 is 1.25 bits per heavy atom. The summed E-state index contributed by atoms with van der Waals surface area (Å²) in [6, 6.07) is 8.40. The first-order valence-corrected chi connectivity index (χ1v) is 9.34. The van der Waals surface area contributed by atoms with Gasteiger partial charge in [-0.1, -0.05) is 6.07 Å². The molecule has 1 amide bonds. The van der Waals surface area contributed by atoms with E-state index in [9.17, 15) is 13.2 Å². The van der Waals surface area contributed by atoms with Crippen molar-refractivity contribution in [3.05, 3.63) is 53.9 Å². The van der Waals surface area contributed by atoms with Gasteiger partial charge in [-0.2, -0.15) is 4.31 Å². The van der Waals surface area contributed by atoms with Crippen molar-refractivity contribution in [2.45, 2.75) is 30.2 Å². The summed E-state index contributed by atoms with van der Waals surface area (Å²) in [5.41, 5.74) is 2.35. The fourth-order valence-electron chi connectivity index (χ4n) is 3.44. The second-order valence-electron chi connectivity index (χ2n) is 6.10. The minimum absolute atomic E-state index is 0.103. The lowest BCUT2D eigenvalue weighted by Gasteiger charge is -2.24. The number of hydrogen-bond donors (Lipinski definition) is 1. The van der Waals surface area contributed by atoms with E-state index in [0.29, 0.717) is 12.2 Å². The normalized spacial score (nSPS) is 20.8. The summed E-state index contributed by atoms with van der Waals surface area (Å²) in [4.78, 5) is 15.8. The number of amides is 1. The van der Waals surface area contributed by atoms with E-state index in [1.165, 1.54) is 0 Å². The van der Waals surface area contributed by atoms with Crippen molar-refractivity contribution in [3.63, 3.8) is 0 Å². The van der Waals surface area contributed by atoms with Crippen molar-refractivity contribution in [3.8, 4) is 0 Å². The monoisotopic (exact) mass is 343 g/mol. The summed E-state index contributed by atoms with van der Waals surface area (Å²) in [6.07, 6.45) is 5.25. The smallest absolute Gasteiger partial charge is 0.243 e. The van der Waals surface area contributed by atoms with Crippen LogP contribution in [-0.2, 0) is 21.2 Å². The number of fused-ring (bicyclic) bond motifs is 1. The molecule has 1 aromatic carbocycles. The molecule has 0 spiro atoms. The minimum Gasteiger partial charge on any atom is -0.326 e. The summed E-state index contributed by atoms with van der Waals surface area (Å²) in [6.45, 7) is 0.496. The van der Waals surface area contributed by atoms with Crippen LogP contribution in [0.1, 0.15) is 30.0 Å². The molecule has 0 saturated carbocycles. The van der Waals surface area contributed by atoms with Gasteiger partial charge >= 0.3 is 0 Å². The van der Waals surface area contributed by atoms with Crippen LogP contribution in [0.15, 0.2) is 47.6 Å². The molecule has 124 valence electrons. The maximum Gasteiger partial charge on any atom is 0.243 e. The van der Waals surface area contributed by atoms with Crippen molar-refractivity contribution >= 4 is 21.6 Å². The van der Waals surface area contributed by atoms with Gasteiger partial charge in [-0.25, -0.2) is 8.42 Å². The molecule has 1 atom stereocenters. The fourth-order valence-corrected chi connectivity index (χ4v) is 5.17. The molecule has 1 aromatic heterocycles. The second-order valence-corrected chi connectivity index (χ2v) is 7.99. The van der Waals surface area contributed by atoms with Crippen LogP contribution in [0.25, 0.3) is 0 Å². The van der Waals surface area contributed by atoms with Crippen LogP contribution in [0.4, 0.5) is 5.69 Å². The average molecular weight is 343 g/mol. The number of benzene rings is 1. The number of carbonyl (C=O) groups is 1. The number of nitrogens with one attached hydrogen (secondary N) is 1. The first-order chi connectivity index (χ1) is 11.6. The predicted molar refractivity (Wildman–Crippen MR) is 88.9 cm³/mol. The van der Waals surface area contributed by atoms with E-state index in [2.05, 4.69) is 10.3 Å². The van der Waals surface area contributed by atoms with Crippen molar-refractivity contribution in [2.24, 2.45) is 0 Å². The summed E-state index contributed by atoms with van der Waals surface area (Å²) < 4.78 is 27.8. The molecule has 4 rings (SSSR count). The van der Waals surface area contributed by atoms with E-state index in [0.717, 1.165) is 24.0 Å². The van der Waals surface area contributed by atoms with E-state index < -0.39 is 10.0 Å². The Labute approximate surface area is 140 Å². The van der Waals surface area contributed by atoms with Crippen molar-refractivity contribution in [1.82, 2.24) is 9.29 Å². The quantitative estimate of drug-likeness (QED) is 0.926. The van der Waals surface area contributed by atoms with Crippen LogP contribution in [0, 0.1) is 0 Å². The average Bonchev–Trinajstić information content (AvgIpc) is 3.20. The molecule has 2 aliphatic heterocycles. The Balaban J connectivity index is 1.70. The number of hydrogen-bond acceptors (Lipinski definition) is 4. The molecule has 0 aliphatic carbocycles. The SMILES string of the molecule is O=C1Cc2cc(S(=O)(=O)N3CCCC3c3cccnc3)ccc2N1. The van der Waals surface area contributed by atoms with Crippen LogP contribution in [0.5, 0.6) is 0 Å². The molecule has 1 fully saturated rings. The lowest BCUT2D eigenvalue weighted by atomic mass is 10.1. The molecule has 1 unspecified atom stereocenters. The van der Waals surface area contributed by atoms with E-state index >= 15 is 0 Å². The number of carbonyl (C=O) groups excluding carboxylic acids is 1. The molecule has 0 radical (unpaired) electrons. The number of anilines is 1. The Hall–Kier alpha value is -2.25. The van der Waals surface area contributed by atoms with Crippen molar-refractivity contribution in [1.29, 1.82) is 0 Å². The van der Waals surface area contributed by atoms with Gasteiger partial charge < -0.3 is 5.32 Å². The molecular formula is C17H17N3O3S. The third kappa shape index (κ3) is 2.50. The van der Waals surface area contributed by atoms with E-state index in [1.807, 2.05) is 12.1 Å². The summed E-state index contributed by atoms with van der Waals surface area (Å²) >= 11 is 0. The third-order valence-corrected chi connectivity index (χ3v) is 6.49. The first-order valence-electron chi connectivity index (χ1n) is 7.90. The molecular weight excluding hydrogens is 326 g/mol. The molecule has 6 nitrogen and oxygen atoms in total. The topological polar surface area (TPSA) is 79.4 Å². The summed E-state index contributed by atoms with van der Waals surface area (Å²) in [5.74, 6) is -0.103. The zero-order valence-corrected chi connectivity index (χ0v) is 13.8. The largest absolute Gasteiger partial charge is 0.326 e. The van der Waals surface area contributed by atoms with Crippen LogP contribution in [0.2, 0.25) is 0 Å². The highest BCUT2D eigenvalue weighted by atomic mass is 32.2. The van der Waals surface area contributed by atoms with Crippen LogP contribution < -0.4 is 5.32 Å². The standard InChI is InChI=1S/C17H17N3O3S/c21-17-10-13-9-14(5-6-15(13)19-17)24(22,23)20-8-2-4-16(20)12-3-1-7-18-11-12/h1,3,5-7,9,11,16H,2,4,8,10H2,(H,19,21). The van der Waals surface area contributed by atoms with Gasteiger partial charge in [0.25, 0.3) is 0 Å². The molecule has 3 heterocycles. The summed E-state index contributed by atoms with van der Waals surface area (Å²) in [5, 5.41) is 2.72. The summed E-state index contributed by atoms with van der Waals surface area (Å²) in [7, 11) is -3.61. The number of sulfonamides is 1. The Bertz CT molecular complexity index is 897. The predicted octanol–water partition coefficient (Wildman–Crippen LogP) is 2.10. The molecule has 1 N–H and O–H groups in total. The van der Waals surface area contributed by atoms with Gasteiger partial charge in [0.05, 0.1) is 17.4 Å². The van der Waals surface area contributed by atoms with Crippen molar-refractivity contribution in [2.75, 3.05) is 11.9 Å². The first kappa shape index (κ1) is 15.3. The number of pyridine rings is 1. The van der Waals surface area contributed by atoms with Gasteiger partial charge in [0, 0.05) is 24.6 Å². The fraction of sp³-hybridized carbons (Fsp3) is 0.294. The van der Waals surface area contributed by atoms with Gasteiger partial charge in [-0.3, -0.25) is 9.78 Å². The van der Waals surface area contributed by atoms with Gasteiger partial charge in [-0.15, -0.1) is 0 Å². The zero-order chi connectivity index (χ0) is 16.7. The number of aromatic nitrogens is 1. The zero-order valence-electron chi connectivity index (χ0n) is 13.0. The Kier molecular flexibility index (Phi) is 3.62. The Morgan fingerprint density at radius 2 is 2.12 bits per heavy atom. The number of rotatable bonds is 3. The maximum absolute atomic E-state index is 13.1. The second kappa shape index (κ2) is 5.68. The van der Waals surface area contributed by atoms with Gasteiger partial charge in [0.1, 0.15) is 0 Å². The highest BCUT2D eigenvalue weighted by Gasteiger charge is 2.36. The molecule has 1 saturated heterocycles. The van der Waals surface area contributed by atoms with Gasteiger partial charge in [0.15, 0.2) is 0 Å². The van der Waals surface area contributed by atoms with Crippen LogP contribution in [-0.4, -0.2) is 30.2 Å². The van der Waals surface area contributed by atoms with Crippen molar-refractivity contribution < 1.29 is 13.2 Å². The van der Waals surface area contributed by atoms with Crippen LogP contribution in [0.3, 0.4) is 0 Å².